The molecule has 6 nitrogen and oxygen atoms in total. The number of methoxy groups -OCH3 is 1. The summed E-state index contributed by atoms with van der Waals surface area (Å²) >= 11 is 0. The summed E-state index contributed by atoms with van der Waals surface area (Å²) < 4.78 is 4.63. The maximum atomic E-state index is 11.0. The van der Waals surface area contributed by atoms with Gasteiger partial charge in [0, 0.05) is 45.3 Å². The molecule has 0 unspecified atom stereocenters. The van der Waals surface area contributed by atoms with E-state index >= 15 is 0 Å². The zero-order chi connectivity index (χ0) is 19.0. The SMILES string of the molecule is CCN(CCCNC(=NC)NCCCCCC(=O)OC)c1ccccc1.I. The number of rotatable bonds is 12. The van der Waals surface area contributed by atoms with Gasteiger partial charge in [0.1, 0.15) is 0 Å². The number of aliphatic imine (C=N–C) groups is 1. The van der Waals surface area contributed by atoms with Crippen molar-refractivity contribution in [2.24, 2.45) is 4.99 Å². The molecule has 0 fully saturated rings. The Morgan fingerprint density at radius 3 is 2.33 bits per heavy atom. The van der Waals surface area contributed by atoms with Crippen LogP contribution in [0.5, 0.6) is 0 Å². The van der Waals surface area contributed by atoms with E-state index in [2.05, 4.69) is 56.5 Å². The lowest BCUT2D eigenvalue weighted by Gasteiger charge is -2.23. The van der Waals surface area contributed by atoms with Gasteiger partial charge in [0.05, 0.1) is 7.11 Å². The topological polar surface area (TPSA) is 66.0 Å². The highest BCUT2D eigenvalue weighted by atomic mass is 127. The van der Waals surface area contributed by atoms with Crippen molar-refractivity contribution in [3.05, 3.63) is 30.3 Å². The van der Waals surface area contributed by atoms with Crippen LogP contribution in [-0.2, 0) is 9.53 Å². The van der Waals surface area contributed by atoms with E-state index < -0.39 is 0 Å². The summed E-state index contributed by atoms with van der Waals surface area (Å²) in [5.41, 5.74) is 1.27. The van der Waals surface area contributed by atoms with E-state index in [0.29, 0.717) is 6.42 Å². The Labute approximate surface area is 181 Å². The first-order valence-electron chi connectivity index (χ1n) is 9.52. The lowest BCUT2D eigenvalue weighted by molar-refractivity contribution is -0.140. The second kappa shape index (κ2) is 16.6. The Kier molecular flexibility index (Phi) is 15.7. The van der Waals surface area contributed by atoms with Crippen LogP contribution in [0.3, 0.4) is 0 Å². The van der Waals surface area contributed by atoms with Crippen LogP contribution in [0.2, 0.25) is 0 Å². The third kappa shape index (κ3) is 11.7. The van der Waals surface area contributed by atoms with Crippen molar-refractivity contribution < 1.29 is 9.53 Å². The van der Waals surface area contributed by atoms with Crippen LogP contribution >= 0.6 is 24.0 Å². The Morgan fingerprint density at radius 2 is 1.74 bits per heavy atom. The molecule has 27 heavy (non-hydrogen) atoms. The molecule has 1 aromatic carbocycles. The second-order valence-electron chi connectivity index (χ2n) is 6.08. The molecule has 0 aliphatic rings. The number of unbranched alkanes of at least 4 members (excludes halogenated alkanes) is 2. The summed E-state index contributed by atoms with van der Waals surface area (Å²) in [5.74, 6) is 0.702. The van der Waals surface area contributed by atoms with Crippen molar-refractivity contribution >= 4 is 41.6 Å². The number of para-hydroxylation sites is 1. The van der Waals surface area contributed by atoms with Crippen LogP contribution < -0.4 is 15.5 Å². The van der Waals surface area contributed by atoms with Gasteiger partial charge in [-0.3, -0.25) is 9.79 Å². The number of carbonyl (C=O) groups excluding carboxylic acids is 1. The van der Waals surface area contributed by atoms with Gasteiger partial charge in [-0.25, -0.2) is 0 Å². The first kappa shape index (κ1) is 25.5. The molecule has 0 saturated heterocycles. The highest BCUT2D eigenvalue weighted by Crippen LogP contribution is 2.12. The number of nitrogens with one attached hydrogen (secondary N) is 2. The van der Waals surface area contributed by atoms with Gasteiger partial charge in [0.15, 0.2) is 5.96 Å². The molecule has 0 bridgehead atoms. The molecule has 0 saturated carbocycles. The molecule has 154 valence electrons. The van der Waals surface area contributed by atoms with Crippen molar-refractivity contribution in [2.45, 2.75) is 39.0 Å². The fourth-order valence-electron chi connectivity index (χ4n) is 2.69. The number of ether oxygens (including phenoxy) is 1. The maximum Gasteiger partial charge on any atom is 0.305 e. The number of hydrogen-bond donors (Lipinski definition) is 2. The Bertz CT molecular complexity index is 526. The van der Waals surface area contributed by atoms with E-state index in [1.165, 1.54) is 12.8 Å². The van der Waals surface area contributed by atoms with Crippen LogP contribution in [0, 0.1) is 0 Å². The monoisotopic (exact) mass is 490 g/mol. The molecule has 0 atom stereocenters. The van der Waals surface area contributed by atoms with Crippen molar-refractivity contribution in [2.75, 3.05) is 45.2 Å². The molecule has 0 heterocycles. The molecule has 0 aromatic heterocycles. The minimum absolute atomic E-state index is 0. The number of nitrogens with zero attached hydrogens (tertiary/aromatic N) is 2. The van der Waals surface area contributed by atoms with E-state index in [1.807, 2.05) is 6.07 Å². The van der Waals surface area contributed by atoms with Crippen molar-refractivity contribution in [3.63, 3.8) is 0 Å². The molecule has 7 heteroatoms. The Hall–Kier alpha value is -1.51. The molecule has 2 N–H and O–H groups in total. The van der Waals surface area contributed by atoms with E-state index in [9.17, 15) is 4.79 Å². The number of esters is 1. The number of guanidine groups is 1. The third-order valence-corrected chi connectivity index (χ3v) is 4.20. The van der Waals surface area contributed by atoms with Crippen molar-refractivity contribution in [1.82, 2.24) is 10.6 Å². The zero-order valence-corrected chi connectivity index (χ0v) is 19.2. The van der Waals surface area contributed by atoms with Gasteiger partial charge in [-0.15, -0.1) is 24.0 Å². The first-order chi connectivity index (χ1) is 12.7. The lowest BCUT2D eigenvalue weighted by Crippen LogP contribution is -2.39. The predicted octanol–water partition coefficient (Wildman–Crippen LogP) is 3.42. The average Bonchev–Trinajstić information content (AvgIpc) is 2.69. The molecule has 0 aliphatic heterocycles. The fourth-order valence-corrected chi connectivity index (χ4v) is 2.69. The largest absolute Gasteiger partial charge is 0.469 e. The van der Waals surface area contributed by atoms with Crippen molar-refractivity contribution in [1.29, 1.82) is 0 Å². The van der Waals surface area contributed by atoms with E-state index in [-0.39, 0.29) is 29.9 Å². The Morgan fingerprint density at radius 1 is 1.07 bits per heavy atom. The molecule has 0 aliphatic carbocycles. The van der Waals surface area contributed by atoms with Gasteiger partial charge in [0.2, 0.25) is 0 Å². The summed E-state index contributed by atoms with van der Waals surface area (Å²) in [5, 5.41) is 6.67. The number of halogens is 1. The van der Waals surface area contributed by atoms with Gasteiger partial charge < -0.3 is 20.3 Å². The molecule has 0 amide bonds. The molecule has 1 aromatic rings. The molecule has 0 spiro atoms. The van der Waals surface area contributed by atoms with Gasteiger partial charge in [0.25, 0.3) is 0 Å². The maximum absolute atomic E-state index is 11.0. The third-order valence-electron chi connectivity index (χ3n) is 4.20. The lowest BCUT2D eigenvalue weighted by atomic mass is 10.2. The number of hydrogen-bond acceptors (Lipinski definition) is 4. The van der Waals surface area contributed by atoms with Crippen LogP contribution in [0.15, 0.2) is 35.3 Å². The highest BCUT2D eigenvalue weighted by Gasteiger charge is 2.04. The minimum atomic E-state index is -0.132. The normalized spacial score (nSPS) is 10.7. The molecule has 0 radical (unpaired) electrons. The average molecular weight is 490 g/mol. The van der Waals surface area contributed by atoms with Gasteiger partial charge >= 0.3 is 5.97 Å². The first-order valence-corrected chi connectivity index (χ1v) is 9.52. The zero-order valence-electron chi connectivity index (χ0n) is 16.9. The van der Waals surface area contributed by atoms with E-state index in [1.54, 1.807) is 7.05 Å². The molecular weight excluding hydrogens is 455 g/mol. The standard InChI is InChI=1S/C20H34N4O2.HI/c1-4-24(18-12-7-5-8-13-18)17-11-16-23-20(21-2)22-15-10-6-9-14-19(25)26-3;/h5,7-8,12-13H,4,6,9-11,14-17H2,1-3H3,(H2,21,22,23);1H. The van der Waals surface area contributed by atoms with Crippen LogP contribution in [-0.4, -0.2) is 52.3 Å². The summed E-state index contributed by atoms with van der Waals surface area (Å²) in [4.78, 5) is 17.7. The van der Waals surface area contributed by atoms with Gasteiger partial charge in [-0.2, -0.15) is 0 Å². The summed E-state index contributed by atoms with van der Waals surface area (Å²) in [6.07, 6.45) is 4.42. The van der Waals surface area contributed by atoms with Crippen LogP contribution in [0.1, 0.15) is 39.0 Å². The second-order valence-corrected chi connectivity index (χ2v) is 6.08. The number of benzene rings is 1. The minimum Gasteiger partial charge on any atom is -0.469 e. The summed E-state index contributed by atoms with van der Waals surface area (Å²) in [6.45, 7) is 5.93. The van der Waals surface area contributed by atoms with Crippen LogP contribution in [0.4, 0.5) is 5.69 Å². The highest BCUT2D eigenvalue weighted by molar-refractivity contribution is 14.0. The van der Waals surface area contributed by atoms with E-state index in [4.69, 9.17) is 0 Å². The smallest absolute Gasteiger partial charge is 0.305 e. The number of anilines is 1. The molecular formula is C20H35IN4O2. The predicted molar refractivity (Wildman–Crippen MR) is 124 cm³/mol. The van der Waals surface area contributed by atoms with Crippen molar-refractivity contribution in [3.8, 4) is 0 Å². The number of carbonyl (C=O) groups is 1. The molecule has 1 rings (SSSR count). The van der Waals surface area contributed by atoms with Gasteiger partial charge in [-0.05, 0) is 38.3 Å². The van der Waals surface area contributed by atoms with Gasteiger partial charge in [-0.1, -0.05) is 24.6 Å². The fraction of sp³-hybridized carbons (Fsp3) is 0.600. The quantitative estimate of drug-likeness (QED) is 0.155. The van der Waals surface area contributed by atoms with E-state index in [0.717, 1.165) is 57.8 Å². The summed E-state index contributed by atoms with van der Waals surface area (Å²) in [7, 11) is 3.22. The van der Waals surface area contributed by atoms with Crippen LogP contribution in [0.25, 0.3) is 0 Å². The Balaban J connectivity index is 0.00000676. The summed E-state index contributed by atoms with van der Waals surface area (Å²) in [6, 6.07) is 10.5.